The molecule has 29 heavy (non-hydrogen) atoms. The van der Waals surface area contributed by atoms with Crippen LogP contribution in [0.1, 0.15) is 15.9 Å². The van der Waals surface area contributed by atoms with Crippen LogP contribution < -0.4 is 12.5 Å². The maximum atomic E-state index is 13.0. The molecule has 0 aromatic heterocycles. The highest BCUT2D eigenvalue weighted by molar-refractivity contribution is 7.86. The molecule has 0 amide bonds. The lowest BCUT2D eigenvalue weighted by Gasteiger charge is -2.14. The predicted molar refractivity (Wildman–Crippen MR) is 103 cm³/mol. The topological polar surface area (TPSA) is 147 Å². The Morgan fingerprint density at radius 1 is 0.621 bits per heavy atom. The van der Waals surface area contributed by atoms with E-state index in [1.807, 2.05) is 0 Å². The van der Waals surface area contributed by atoms with Crippen molar-refractivity contribution in [2.45, 2.75) is 0 Å². The minimum atomic E-state index is -4.19. The van der Waals surface area contributed by atoms with Gasteiger partial charge in [0.05, 0.1) is 29.9 Å². The molecule has 0 fully saturated rings. The predicted octanol–water partition coefficient (Wildman–Crippen LogP) is 0.933. The number of benzene rings is 2. The summed E-state index contributed by atoms with van der Waals surface area (Å²) in [7, 11) is -12.2. The van der Waals surface area contributed by atoms with Crippen LogP contribution in [-0.2, 0) is 30.4 Å². The minimum absolute atomic E-state index is 0.229. The molecule has 0 atom stereocenters. The third-order valence-electron chi connectivity index (χ3n) is 3.07. The largest absolute Gasteiger partial charge is 0.382 e. The molecule has 2 rings (SSSR count). The van der Waals surface area contributed by atoms with E-state index in [1.54, 1.807) is 0 Å². The van der Waals surface area contributed by atoms with Gasteiger partial charge >= 0.3 is 30.4 Å². The molecule has 0 aliphatic heterocycles. The molecule has 0 radical (unpaired) electrons. The molecule has 0 bridgehead atoms. The summed E-state index contributed by atoms with van der Waals surface area (Å²) in [4.78, 5) is 13.0. The van der Waals surface area contributed by atoms with Crippen molar-refractivity contribution in [3.8, 4) is 17.2 Å². The number of rotatable bonds is 8. The molecule has 0 saturated carbocycles. The van der Waals surface area contributed by atoms with Crippen LogP contribution in [0.3, 0.4) is 0 Å². The van der Waals surface area contributed by atoms with Gasteiger partial charge in [0, 0.05) is 0 Å². The highest BCUT2D eigenvalue weighted by Crippen LogP contribution is 2.36. The zero-order valence-electron chi connectivity index (χ0n) is 15.3. The fourth-order valence-corrected chi connectivity index (χ4v) is 3.60. The monoisotopic (exact) mass is 464 g/mol. The number of carbonyl (C=O) groups is 1. The first-order valence-electron chi connectivity index (χ1n) is 7.61. The first-order valence-corrected chi connectivity index (χ1v) is 13.1. The van der Waals surface area contributed by atoms with E-state index >= 15 is 0 Å². The highest BCUT2D eigenvalue weighted by Gasteiger charge is 2.26. The summed E-state index contributed by atoms with van der Waals surface area (Å²) in [6, 6.07) is 8.82. The molecule has 0 N–H and O–H groups in total. The van der Waals surface area contributed by atoms with Crippen LogP contribution >= 0.6 is 0 Å². The molecule has 0 aliphatic rings. The van der Waals surface area contributed by atoms with Gasteiger partial charge in [0.1, 0.15) is 0 Å². The highest BCUT2D eigenvalue weighted by atomic mass is 32.2. The molecule has 2 aromatic carbocycles. The molecule has 2 aromatic rings. The van der Waals surface area contributed by atoms with Crippen molar-refractivity contribution < 1.29 is 42.6 Å². The Bertz CT molecular complexity index is 1260. The summed E-state index contributed by atoms with van der Waals surface area (Å²) >= 11 is 0. The summed E-state index contributed by atoms with van der Waals surface area (Å²) in [5.41, 5.74) is -0.617. The summed E-state index contributed by atoms with van der Waals surface area (Å²) in [5, 5.41) is 0. The lowest BCUT2D eigenvalue weighted by atomic mass is 10.0. The Kier molecular flexibility index (Phi) is 6.25. The first kappa shape index (κ1) is 22.6. The average molecular weight is 464 g/mol. The Morgan fingerprint density at radius 3 is 1.62 bits per heavy atom. The van der Waals surface area contributed by atoms with Crippen LogP contribution in [0.5, 0.6) is 17.2 Å². The Labute approximate surface area is 168 Å². The van der Waals surface area contributed by atoms with Crippen molar-refractivity contribution in [1.82, 2.24) is 0 Å². The molecule has 0 saturated heterocycles. The van der Waals surface area contributed by atoms with E-state index in [4.69, 9.17) is 12.5 Å². The smallest absolute Gasteiger partial charge is 0.306 e. The van der Waals surface area contributed by atoms with Gasteiger partial charge in [-0.2, -0.15) is 25.3 Å². The van der Waals surface area contributed by atoms with Gasteiger partial charge in [0.25, 0.3) is 0 Å². The fourth-order valence-electron chi connectivity index (χ4n) is 2.20. The van der Waals surface area contributed by atoms with E-state index in [2.05, 4.69) is 0 Å². The standard InChI is InChI=1S/C16H16O10S3/c1-27(18,19)24-13-9-5-4-7-11(13)15(17)12-8-6-10-14(25-28(2,20)21)16(12)26-29(3,22)23/h4-10H,1-3H3. The first-order chi connectivity index (χ1) is 13.2. The molecule has 0 heterocycles. The van der Waals surface area contributed by atoms with Crippen LogP contribution in [0.25, 0.3) is 0 Å². The fraction of sp³-hybridized carbons (Fsp3) is 0.188. The summed E-state index contributed by atoms with van der Waals surface area (Å²) < 4.78 is 83.5. The third-order valence-corrected chi connectivity index (χ3v) is 4.51. The maximum absolute atomic E-state index is 13.0. The van der Waals surface area contributed by atoms with Gasteiger partial charge in [-0.05, 0) is 24.3 Å². The van der Waals surface area contributed by atoms with E-state index in [-0.39, 0.29) is 16.9 Å². The van der Waals surface area contributed by atoms with Crippen molar-refractivity contribution >= 4 is 36.1 Å². The average Bonchev–Trinajstić information content (AvgIpc) is 2.52. The zero-order chi connectivity index (χ0) is 22.0. The second-order valence-electron chi connectivity index (χ2n) is 5.82. The van der Waals surface area contributed by atoms with Gasteiger partial charge in [-0.15, -0.1) is 0 Å². The van der Waals surface area contributed by atoms with Crippen molar-refractivity contribution in [3.05, 3.63) is 53.6 Å². The van der Waals surface area contributed by atoms with Gasteiger partial charge in [-0.25, -0.2) is 0 Å². The molecule has 10 nitrogen and oxygen atoms in total. The van der Waals surface area contributed by atoms with Gasteiger partial charge in [-0.1, -0.05) is 18.2 Å². The van der Waals surface area contributed by atoms with Gasteiger partial charge in [0.2, 0.25) is 5.78 Å². The van der Waals surface area contributed by atoms with Crippen molar-refractivity contribution in [3.63, 3.8) is 0 Å². The summed E-state index contributed by atoms with van der Waals surface area (Å²) in [5.74, 6) is -2.40. The van der Waals surface area contributed by atoms with Crippen molar-refractivity contribution in [2.75, 3.05) is 18.8 Å². The molecule has 0 unspecified atom stereocenters. The molecule has 158 valence electrons. The number of hydrogen-bond donors (Lipinski definition) is 0. The summed E-state index contributed by atoms with van der Waals surface area (Å²) in [6.07, 6.45) is 2.20. The lowest BCUT2D eigenvalue weighted by Crippen LogP contribution is -2.15. The van der Waals surface area contributed by atoms with E-state index in [1.165, 1.54) is 30.3 Å². The Morgan fingerprint density at radius 2 is 1.07 bits per heavy atom. The molecule has 13 heteroatoms. The van der Waals surface area contributed by atoms with E-state index in [0.717, 1.165) is 24.6 Å². The SMILES string of the molecule is CS(=O)(=O)Oc1ccccc1C(=O)c1cccc(OS(C)(=O)=O)c1OS(C)(=O)=O. The molecule has 0 spiro atoms. The lowest BCUT2D eigenvalue weighted by molar-refractivity contribution is 0.103. The van der Waals surface area contributed by atoms with Crippen molar-refractivity contribution in [1.29, 1.82) is 0 Å². The number of carbonyl (C=O) groups excluding carboxylic acids is 1. The molecular formula is C16H16O10S3. The Hall–Kier alpha value is -2.64. The van der Waals surface area contributed by atoms with Crippen molar-refractivity contribution in [2.24, 2.45) is 0 Å². The van der Waals surface area contributed by atoms with Crippen LogP contribution in [0.4, 0.5) is 0 Å². The van der Waals surface area contributed by atoms with E-state index < -0.39 is 47.6 Å². The quantitative estimate of drug-likeness (QED) is 0.408. The maximum Gasteiger partial charge on any atom is 0.306 e. The molecular weight excluding hydrogens is 448 g/mol. The van der Waals surface area contributed by atoms with Gasteiger partial charge in [-0.3, -0.25) is 4.79 Å². The summed E-state index contributed by atoms with van der Waals surface area (Å²) in [6.45, 7) is 0. The number of ketones is 1. The van der Waals surface area contributed by atoms with Gasteiger partial charge < -0.3 is 12.5 Å². The second-order valence-corrected chi connectivity index (χ2v) is 10.5. The number of hydrogen-bond acceptors (Lipinski definition) is 10. The van der Waals surface area contributed by atoms with E-state index in [9.17, 15) is 30.0 Å². The van der Waals surface area contributed by atoms with Gasteiger partial charge in [0.15, 0.2) is 17.2 Å². The number of para-hydroxylation sites is 2. The zero-order valence-corrected chi connectivity index (χ0v) is 17.8. The minimum Gasteiger partial charge on any atom is -0.382 e. The third kappa shape index (κ3) is 6.73. The second kappa shape index (κ2) is 8.00. The van der Waals surface area contributed by atoms with Crippen LogP contribution in [0.2, 0.25) is 0 Å². The van der Waals surface area contributed by atoms with Crippen LogP contribution in [0, 0.1) is 0 Å². The van der Waals surface area contributed by atoms with Crippen LogP contribution in [-0.4, -0.2) is 49.8 Å². The molecule has 0 aliphatic carbocycles. The van der Waals surface area contributed by atoms with E-state index in [0.29, 0.717) is 6.26 Å². The normalized spacial score (nSPS) is 12.2. The van der Waals surface area contributed by atoms with Crippen LogP contribution in [0.15, 0.2) is 42.5 Å². The Balaban J connectivity index is 2.69.